The lowest BCUT2D eigenvalue weighted by molar-refractivity contribution is -0.121. The van der Waals surface area contributed by atoms with Gasteiger partial charge in [0.05, 0.1) is 11.0 Å². The van der Waals surface area contributed by atoms with Gasteiger partial charge in [0.1, 0.15) is 0 Å². The van der Waals surface area contributed by atoms with E-state index < -0.39 is 0 Å². The van der Waals surface area contributed by atoms with E-state index in [2.05, 4.69) is 11.9 Å². The molecule has 0 saturated carbocycles. The predicted octanol–water partition coefficient (Wildman–Crippen LogP) is 2.10. The van der Waals surface area contributed by atoms with E-state index in [0.29, 0.717) is 5.95 Å². The van der Waals surface area contributed by atoms with Crippen LogP contribution in [0.15, 0.2) is 24.3 Å². The Morgan fingerprint density at radius 2 is 1.84 bits per heavy atom. The molecule has 2 heterocycles. The fourth-order valence-corrected chi connectivity index (χ4v) is 2.48. The Morgan fingerprint density at radius 1 is 1.16 bits per heavy atom. The molecule has 1 aromatic heterocycles. The molecule has 0 N–H and O–H groups in total. The standard InChI is InChI=1S/C14H15N3O2/c1-2-9-16-11-6-4-3-5-10(11)15-14(16)17-12(18)7-8-13(17)19/h3-6H,2,7-9H2,1H3. The quantitative estimate of drug-likeness (QED) is 0.791. The molecular weight excluding hydrogens is 242 g/mol. The number of para-hydroxylation sites is 2. The zero-order chi connectivity index (χ0) is 13.4. The zero-order valence-corrected chi connectivity index (χ0v) is 10.8. The van der Waals surface area contributed by atoms with Crippen LogP contribution < -0.4 is 4.90 Å². The van der Waals surface area contributed by atoms with Crippen molar-refractivity contribution < 1.29 is 9.59 Å². The van der Waals surface area contributed by atoms with Gasteiger partial charge >= 0.3 is 0 Å². The van der Waals surface area contributed by atoms with Gasteiger partial charge in [-0.1, -0.05) is 19.1 Å². The molecule has 1 saturated heterocycles. The zero-order valence-electron chi connectivity index (χ0n) is 10.8. The summed E-state index contributed by atoms with van der Waals surface area (Å²) in [6, 6.07) is 7.71. The lowest BCUT2D eigenvalue weighted by Gasteiger charge is -2.15. The van der Waals surface area contributed by atoms with Crippen molar-refractivity contribution in [2.75, 3.05) is 4.90 Å². The van der Waals surface area contributed by atoms with Crippen LogP contribution in [0.1, 0.15) is 26.2 Å². The second-order valence-electron chi connectivity index (χ2n) is 4.68. The average Bonchev–Trinajstić information content (AvgIpc) is 2.92. The summed E-state index contributed by atoms with van der Waals surface area (Å²) in [4.78, 5) is 29.4. The minimum absolute atomic E-state index is 0.155. The van der Waals surface area contributed by atoms with Crippen LogP contribution in [0.2, 0.25) is 0 Å². The number of aromatic nitrogens is 2. The fraction of sp³-hybridized carbons (Fsp3) is 0.357. The largest absolute Gasteiger partial charge is 0.309 e. The second-order valence-corrected chi connectivity index (χ2v) is 4.68. The third kappa shape index (κ3) is 1.82. The lowest BCUT2D eigenvalue weighted by Crippen LogP contribution is -2.31. The van der Waals surface area contributed by atoms with Crippen molar-refractivity contribution in [1.82, 2.24) is 9.55 Å². The van der Waals surface area contributed by atoms with Gasteiger partial charge in [0.2, 0.25) is 17.8 Å². The lowest BCUT2D eigenvalue weighted by atomic mass is 10.3. The first-order valence-corrected chi connectivity index (χ1v) is 6.53. The number of anilines is 1. The summed E-state index contributed by atoms with van der Waals surface area (Å²) in [6.07, 6.45) is 1.49. The van der Waals surface area contributed by atoms with Crippen molar-refractivity contribution in [2.45, 2.75) is 32.7 Å². The number of hydrogen-bond donors (Lipinski definition) is 0. The molecule has 3 rings (SSSR count). The normalized spacial score (nSPS) is 15.7. The molecule has 5 heteroatoms. The molecule has 0 unspecified atom stereocenters. The first-order chi connectivity index (χ1) is 9.22. The molecule has 98 valence electrons. The van der Waals surface area contributed by atoms with Crippen LogP contribution >= 0.6 is 0 Å². The van der Waals surface area contributed by atoms with Gasteiger partial charge in [-0.25, -0.2) is 9.88 Å². The number of imide groups is 1. The number of imidazole rings is 1. The molecule has 1 aliphatic heterocycles. The van der Waals surface area contributed by atoms with E-state index >= 15 is 0 Å². The van der Waals surface area contributed by atoms with Gasteiger partial charge in [-0.15, -0.1) is 0 Å². The SMILES string of the molecule is CCCn1c(N2C(=O)CCC2=O)nc2ccccc21. The minimum Gasteiger partial charge on any atom is -0.309 e. The van der Waals surface area contributed by atoms with E-state index in [-0.39, 0.29) is 24.7 Å². The van der Waals surface area contributed by atoms with E-state index in [1.165, 1.54) is 4.90 Å². The number of nitrogens with zero attached hydrogens (tertiary/aromatic N) is 3. The molecule has 0 bridgehead atoms. The highest BCUT2D eigenvalue weighted by atomic mass is 16.2. The highest BCUT2D eigenvalue weighted by Crippen LogP contribution is 2.27. The van der Waals surface area contributed by atoms with E-state index in [1.807, 2.05) is 28.8 Å². The van der Waals surface area contributed by atoms with Crippen LogP contribution in [-0.2, 0) is 16.1 Å². The molecule has 2 amide bonds. The van der Waals surface area contributed by atoms with Crippen molar-refractivity contribution in [3.05, 3.63) is 24.3 Å². The van der Waals surface area contributed by atoms with Gasteiger partial charge in [0.25, 0.3) is 0 Å². The topological polar surface area (TPSA) is 55.2 Å². The number of rotatable bonds is 3. The number of carbonyl (C=O) groups excluding carboxylic acids is 2. The highest BCUT2D eigenvalue weighted by molar-refractivity contribution is 6.19. The number of hydrogen-bond acceptors (Lipinski definition) is 3. The fourth-order valence-electron chi connectivity index (χ4n) is 2.48. The Labute approximate surface area is 110 Å². The Balaban J connectivity index is 2.19. The van der Waals surface area contributed by atoms with Crippen LogP contribution in [0.4, 0.5) is 5.95 Å². The van der Waals surface area contributed by atoms with Crippen LogP contribution in [0.3, 0.4) is 0 Å². The van der Waals surface area contributed by atoms with Gasteiger partial charge in [0, 0.05) is 19.4 Å². The predicted molar refractivity (Wildman–Crippen MR) is 71.8 cm³/mol. The Hall–Kier alpha value is -2.17. The van der Waals surface area contributed by atoms with Crippen LogP contribution in [-0.4, -0.2) is 21.4 Å². The third-order valence-electron chi connectivity index (χ3n) is 3.33. The Kier molecular flexibility index (Phi) is 2.81. The van der Waals surface area contributed by atoms with Crippen molar-refractivity contribution >= 4 is 28.8 Å². The summed E-state index contributed by atoms with van der Waals surface area (Å²) >= 11 is 0. The molecule has 0 spiro atoms. The van der Waals surface area contributed by atoms with E-state index in [0.717, 1.165) is 24.0 Å². The summed E-state index contributed by atoms with van der Waals surface area (Å²) in [5.74, 6) is 0.158. The molecule has 1 aromatic carbocycles. The summed E-state index contributed by atoms with van der Waals surface area (Å²) in [5.41, 5.74) is 1.78. The number of carbonyl (C=O) groups is 2. The summed E-state index contributed by atoms with van der Waals surface area (Å²) in [7, 11) is 0. The molecular formula is C14H15N3O2. The van der Waals surface area contributed by atoms with Gasteiger partial charge in [0.15, 0.2) is 0 Å². The van der Waals surface area contributed by atoms with Crippen LogP contribution in [0.5, 0.6) is 0 Å². The molecule has 0 atom stereocenters. The van der Waals surface area contributed by atoms with E-state index in [1.54, 1.807) is 0 Å². The molecule has 0 aliphatic carbocycles. The monoisotopic (exact) mass is 257 g/mol. The molecule has 0 radical (unpaired) electrons. The average molecular weight is 257 g/mol. The van der Waals surface area contributed by atoms with Gasteiger partial charge in [-0.05, 0) is 18.6 Å². The van der Waals surface area contributed by atoms with Crippen molar-refractivity contribution in [2.24, 2.45) is 0 Å². The van der Waals surface area contributed by atoms with Crippen molar-refractivity contribution in [3.63, 3.8) is 0 Å². The third-order valence-corrected chi connectivity index (χ3v) is 3.33. The molecule has 1 fully saturated rings. The van der Waals surface area contributed by atoms with Crippen molar-refractivity contribution in [3.8, 4) is 0 Å². The minimum atomic E-state index is -0.155. The molecule has 2 aromatic rings. The molecule has 5 nitrogen and oxygen atoms in total. The van der Waals surface area contributed by atoms with E-state index in [9.17, 15) is 9.59 Å². The summed E-state index contributed by atoms with van der Waals surface area (Å²) in [5, 5.41) is 0. The maximum Gasteiger partial charge on any atom is 0.236 e. The first-order valence-electron chi connectivity index (χ1n) is 6.53. The number of aryl methyl sites for hydroxylation is 1. The Bertz CT molecular complexity index is 644. The highest BCUT2D eigenvalue weighted by Gasteiger charge is 2.34. The van der Waals surface area contributed by atoms with Crippen LogP contribution in [0.25, 0.3) is 11.0 Å². The first kappa shape index (κ1) is 11.9. The number of fused-ring (bicyclic) bond motifs is 1. The summed E-state index contributed by atoms with van der Waals surface area (Å²) < 4.78 is 1.95. The maximum absolute atomic E-state index is 11.9. The number of amides is 2. The summed E-state index contributed by atoms with van der Waals surface area (Å²) in [6.45, 7) is 2.80. The molecule has 1 aliphatic rings. The van der Waals surface area contributed by atoms with Gasteiger partial charge < -0.3 is 4.57 Å². The smallest absolute Gasteiger partial charge is 0.236 e. The van der Waals surface area contributed by atoms with Gasteiger partial charge in [-0.3, -0.25) is 9.59 Å². The van der Waals surface area contributed by atoms with Crippen LogP contribution in [0, 0.1) is 0 Å². The molecule has 19 heavy (non-hydrogen) atoms. The Morgan fingerprint density at radius 3 is 2.53 bits per heavy atom. The van der Waals surface area contributed by atoms with Crippen molar-refractivity contribution in [1.29, 1.82) is 0 Å². The number of benzene rings is 1. The van der Waals surface area contributed by atoms with E-state index in [4.69, 9.17) is 0 Å². The second kappa shape index (κ2) is 4.50. The maximum atomic E-state index is 11.9. The van der Waals surface area contributed by atoms with Gasteiger partial charge in [-0.2, -0.15) is 0 Å².